The number of piperidine rings is 1. The lowest BCUT2D eigenvalue weighted by Crippen LogP contribution is -2.42. The first-order valence-corrected chi connectivity index (χ1v) is 6.94. The molecule has 21 heavy (non-hydrogen) atoms. The number of hydrogen-bond donors (Lipinski definition) is 3. The Balaban J connectivity index is 1.85. The number of carbonyl (C=O) groups excluding carboxylic acids is 2. The quantitative estimate of drug-likeness (QED) is 0.734. The van der Waals surface area contributed by atoms with E-state index in [2.05, 4.69) is 15.6 Å². The zero-order valence-corrected chi connectivity index (χ0v) is 11.5. The highest BCUT2D eigenvalue weighted by atomic mass is 16.2. The number of aromatic nitrogens is 2. The minimum absolute atomic E-state index is 0.166. The number of carbonyl (C=O) groups is 2. The van der Waals surface area contributed by atoms with Crippen molar-refractivity contribution < 1.29 is 9.59 Å². The van der Waals surface area contributed by atoms with E-state index >= 15 is 0 Å². The van der Waals surface area contributed by atoms with Gasteiger partial charge in [-0.1, -0.05) is 6.07 Å². The fourth-order valence-corrected chi connectivity index (χ4v) is 2.55. The Bertz CT molecular complexity index is 688. The molecule has 1 aliphatic heterocycles. The molecule has 0 aromatic carbocycles. The van der Waals surface area contributed by atoms with Crippen LogP contribution in [0.4, 0.5) is 0 Å². The number of imidazole rings is 1. The van der Waals surface area contributed by atoms with Crippen LogP contribution in [0.15, 0.2) is 24.4 Å². The van der Waals surface area contributed by atoms with Crippen LogP contribution >= 0.6 is 0 Å². The molecule has 0 bridgehead atoms. The highest BCUT2D eigenvalue weighted by molar-refractivity contribution is 5.95. The molecule has 0 radical (unpaired) electrons. The normalized spacial score (nSPS) is 16.0. The van der Waals surface area contributed by atoms with Crippen LogP contribution in [-0.4, -0.2) is 40.3 Å². The zero-order chi connectivity index (χ0) is 14.8. The third-order valence-electron chi connectivity index (χ3n) is 3.65. The maximum Gasteiger partial charge on any atom is 0.271 e. The van der Waals surface area contributed by atoms with Gasteiger partial charge in [0.05, 0.1) is 0 Å². The van der Waals surface area contributed by atoms with Gasteiger partial charge < -0.3 is 16.4 Å². The summed E-state index contributed by atoms with van der Waals surface area (Å²) in [6.07, 6.45) is 3.36. The molecular formula is C14H17N5O2. The van der Waals surface area contributed by atoms with Crippen molar-refractivity contribution in [2.24, 2.45) is 5.73 Å². The minimum atomic E-state index is -0.552. The summed E-state index contributed by atoms with van der Waals surface area (Å²) in [6, 6.07) is 5.19. The zero-order valence-electron chi connectivity index (χ0n) is 11.5. The maximum atomic E-state index is 12.2. The molecule has 0 saturated carbocycles. The van der Waals surface area contributed by atoms with Crippen molar-refractivity contribution in [2.75, 3.05) is 13.1 Å². The van der Waals surface area contributed by atoms with Gasteiger partial charge in [-0.25, -0.2) is 4.98 Å². The van der Waals surface area contributed by atoms with Crippen LogP contribution in [0.5, 0.6) is 0 Å². The van der Waals surface area contributed by atoms with Crippen LogP contribution in [-0.2, 0) is 0 Å². The molecule has 1 saturated heterocycles. The molecule has 4 N–H and O–H groups in total. The number of hydrogen-bond acceptors (Lipinski definition) is 4. The molecule has 0 aliphatic carbocycles. The first-order chi connectivity index (χ1) is 10.1. The van der Waals surface area contributed by atoms with Gasteiger partial charge >= 0.3 is 0 Å². The van der Waals surface area contributed by atoms with Crippen molar-refractivity contribution in [3.63, 3.8) is 0 Å². The van der Waals surface area contributed by atoms with Gasteiger partial charge in [0, 0.05) is 12.2 Å². The molecule has 2 aromatic heterocycles. The van der Waals surface area contributed by atoms with Crippen LogP contribution in [0.25, 0.3) is 5.65 Å². The molecule has 1 fully saturated rings. The van der Waals surface area contributed by atoms with Crippen LogP contribution in [0.3, 0.4) is 0 Å². The molecule has 2 amide bonds. The van der Waals surface area contributed by atoms with Crippen molar-refractivity contribution in [3.8, 4) is 0 Å². The number of primary amides is 1. The van der Waals surface area contributed by atoms with E-state index in [4.69, 9.17) is 5.73 Å². The van der Waals surface area contributed by atoms with E-state index in [-0.39, 0.29) is 11.9 Å². The number of rotatable bonds is 3. The first-order valence-electron chi connectivity index (χ1n) is 6.94. The average molecular weight is 287 g/mol. The third kappa shape index (κ3) is 2.73. The summed E-state index contributed by atoms with van der Waals surface area (Å²) in [4.78, 5) is 27.9. The summed E-state index contributed by atoms with van der Waals surface area (Å²) < 4.78 is 1.54. The van der Waals surface area contributed by atoms with E-state index in [1.165, 1.54) is 0 Å². The maximum absolute atomic E-state index is 12.2. The van der Waals surface area contributed by atoms with E-state index in [1.54, 1.807) is 28.8 Å². The molecule has 110 valence electrons. The summed E-state index contributed by atoms with van der Waals surface area (Å²) in [5.41, 5.74) is 6.45. The van der Waals surface area contributed by atoms with Gasteiger partial charge in [-0.15, -0.1) is 0 Å². The Morgan fingerprint density at radius 1 is 1.33 bits per heavy atom. The summed E-state index contributed by atoms with van der Waals surface area (Å²) in [5, 5.41) is 6.22. The third-order valence-corrected chi connectivity index (χ3v) is 3.65. The summed E-state index contributed by atoms with van der Waals surface area (Å²) in [5.74, 6) is -0.774. The standard InChI is InChI=1S/C14H17N5O2/c15-13(20)11-2-1-3-12-18-10(8-19(11)12)14(21)17-9-4-6-16-7-5-9/h1-3,8-9,16H,4-7H2,(H2,15,20)(H,17,21). The van der Waals surface area contributed by atoms with E-state index in [0.29, 0.717) is 17.0 Å². The Morgan fingerprint density at radius 3 is 2.81 bits per heavy atom. The Kier molecular flexibility index (Phi) is 3.57. The second-order valence-corrected chi connectivity index (χ2v) is 5.13. The fraction of sp³-hybridized carbons (Fsp3) is 0.357. The van der Waals surface area contributed by atoms with Gasteiger partial charge in [0.25, 0.3) is 11.8 Å². The molecule has 2 aromatic rings. The molecule has 7 heteroatoms. The molecular weight excluding hydrogens is 270 g/mol. The van der Waals surface area contributed by atoms with E-state index < -0.39 is 5.91 Å². The van der Waals surface area contributed by atoms with Crippen molar-refractivity contribution in [1.29, 1.82) is 0 Å². The highest BCUT2D eigenvalue weighted by Crippen LogP contribution is 2.10. The monoisotopic (exact) mass is 287 g/mol. The lowest BCUT2D eigenvalue weighted by Gasteiger charge is -2.23. The fourth-order valence-electron chi connectivity index (χ4n) is 2.55. The average Bonchev–Trinajstić information content (AvgIpc) is 2.92. The van der Waals surface area contributed by atoms with Crippen LogP contribution in [0.2, 0.25) is 0 Å². The number of fused-ring (bicyclic) bond motifs is 1. The number of pyridine rings is 1. The van der Waals surface area contributed by atoms with Crippen molar-refractivity contribution >= 4 is 17.5 Å². The highest BCUT2D eigenvalue weighted by Gasteiger charge is 2.19. The molecule has 3 rings (SSSR count). The molecule has 0 unspecified atom stereocenters. The van der Waals surface area contributed by atoms with E-state index in [0.717, 1.165) is 25.9 Å². The van der Waals surface area contributed by atoms with E-state index in [1.807, 2.05) is 0 Å². The number of nitrogens with zero attached hydrogens (tertiary/aromatic N) is 2. The Hall–Kier alpha value is -2.41. The number of nitrogens with two attached hydrogens (primary N) is 1. The molecule has 0 spiro atoms. The summed E-state index contributed by atoms with van der Waals surface area (Å²) in [6.45, 7) is 1.81. The predicted molar refractivity (Wildman–Crippen MR) is 77.1 cm³/mol. The van der Waals surface area contributed by atoms with Crippen molar-refractivity contribution in [1.82, 2.24) is 20.0 Å². The molecule has 7 nitrogen and oxygen atoms in total. The summed E-state index contributed by atoms with van der Waals surface area (Å²) in [7, 11) is 0. The Labute approximate surface area is 121 Å². The van der Waals surface area contributed by atoms with Crippen molar-refractivity contribution in [2.45, 2.75) is 18.9 Å². The summed E-state index contributed by atoms with van der Waals surface area (Å²) >= 11 is 0. The van der Waals surface area contributed by atoms with Gasteiger partial charge in [-0.3, -0.25) is 14.0 Å². The van der Waals surface area contributed by atoms with Gasteiger partial charge in [0.2, 0.25) is 0 Å². The second kappa shape index (κ2) is 5.53. The molecule has 3 heterocycles. The molecule has 0 atom stereocenters. The van der Waals surface area contributed by atoms with Gasteiger partial charge in [-0.2, -0.15) is 0 Å². The number of nitrogens with one attached hydrogen (secondary N) is 2. The van der Waals surface area contributed by atoms with Crippen LogP contribution in [0.1, 0.15) is 33.8 Å². The number of amides is 2. The minimum Gasteiger partial charge on any atom is -0.364 e. The first kappa shape index (κ1) is 13.6. The SMILES string of the molecule is NC(=O)c1cccc2nc(C(=O)NC3CCNCC3)cn12. The van der Waals surface area contributed by atoms with Crippen LogP contribution in [0, 0.1) is 0 Å². The lowest BCUT2D eigenvalue weighted by molar-refractivity contribution is 0.0923. The van der Waals surface area contributed by atoms with E-state index in [9.17, 15) is 9.59 Å². The smallest absolute Gasteiger partial charge is 0.271 e. The van der Waals surface area contributed by atoms with Gasteiger partial charge in [-0.05, 0) is 38.1 Å². The Morgan fingerprint density at radius 2 is 2.10 bits per heavy atom. The van der Waals surface area contributed by atoms with Crippen molar-refractivity contribution in [3.05, 3.63) is 35.8 Å². The van der Waals surface area contributed by atoms with Gasteiger partial charge in [0.15, 0.2) is 0 Å². The second-order valence-electron chi connectivity index (χ2n) is 5.13. The van der Waals surface area contributed by atoms with Gasteiger partial charge in [0.1, 0.15) is 17.0 Å². The predicted octanol–water partition coefficient (Wildman–Crippen LogP) is -0.0850. The molecule has 1 aliphatic rings. The largest absolute Gasteiger partial charge is 0.364 e. The lowest BCUT2D eigenvalue weighted by atomic mass is 10.1. The van der Waals surface area contributed by atoms with Crippen LogP contribution < -0.4 is 16.4 Å². The topological polar surface area (TPSA) is 102 Å².